The van der Waals surface area contributed by atoms with Gasteiger partial charge in [-0.15, -0.1) is 0 Å². The zero-order valence-electron chi connectivity index (χ0n) is 17.1. The van der Waals surface area contributed by atoms with Crippen LogP contribution < -0.4 is 10.2 Å². The Morgan fingerprint density at radius 1 is 1.30 bits per heavy atom. The summed E-state index contributed by atoms with van der Waals surface area (Å²) in [6.07, 6.45) is -0.123. The van der Waals surface area contributed by atoms with Crippen LogP contribution in [0.3, 0.4) is 0 Å². The Bertz CT molecular complexity index is 949. The summed E-state index contributed by atoms with van der Waals surface area (Å²) in [5.74, 6) is -1.25. The molecular formula is C20H24N4O6. The van der Waals surface area contributed by atoms with Crippen molar-refractivity contribution in [2.75, 3.05) is 18.0 Å². The van der Waals surface area contributed by atoms with Crippen molar-refractivity contribution in [3.05, 3.63) is 33.9 Å². The van der Waals surface area contributed by atoms with Crippen LogP contribution in [0, 0.1) is 15.5 Å². The van der Waals surface area contributed by atoms with Crippen LogP contribution in [0.4, 0.5) is 16.2 Å². The molecule has 4 atom stereocenters. The van der Waals surface area contributed by atoms with Crippen LogP contribution in [0.5, 0.6) is 0 Å². The summed E-state index contributed by atoms with van der Waals surface area (Å²) in [6.45, 7) is 6.15. The summed E-state index contributed by atoms with van der Waals surface area (Å²) in [4.78, 5) is 53.1. The second kappa shape index (κ2) is 7.05. The number of benzene rings is 1. The highest BCUT2D eigenvalue weighted by Gasteiger charge is 2.64. The summed E-state index contributed by atoms with van der Waals surface area (Å²) < 4.78 is 5.99. The van der Waals surface area contributed by atoms with Crippen molar-refractivity contribution in [3.63, 3.8) is 0 Å². The third-order valence-corrected chi connectivity index (χ3v) is 6.18. The predicted octanol–water partition coefficient (Wildman–Crippen LogP) is 1.61. The topological polar surface area (TPSA) is 122 Å². The molecule has 0 aromatic heterocycles. The van der Waals surface area contributed by atoms with E-state index in [1.165, 1.54) is 12.1 Å². The highest BCUT2D eigenvalue weighted by atomic mass is 16.6. The normalized spacial score (nSPS) is 30.8. The van der Waals surface area contributed by atoms with Gasteiger partial charge in [0, 0.05) is 37.3 Å². The van der Waals surface area contributed by atoms with Gasteiger partial charge < -0.3 is 9.64 Å². The number of carbonyl (C=O) groups excluding carboxylic acids is 3. The maximum absolute atomic E-state index is 13.7. The lowest BCUT2D eigenvalue weighted by Crippen LogP contribution is -2.75. The van der Waals surface area contributed by atoms with Gasteiger partial charge in [-0.1, -0.05) is 6.92 Å². The van der Waals surface area contributed by atoms with E-state index in [1.54, 1.807) is 6.07 Å². The highest BCUT2D eigenvalue weighted by Crippen LogP contribution is 2.48. The van der Waals surface area contributed by atoms with E-state index in [1.807, 2.05) is 25.7 Å². The highest BCUT2D eigenvalue weighted by molar-refractivity contribution is 6.20. The average Bonchev–Trinajstić information content (AvgIpc) is 2.68. The maximum Gasteiger partial charge on any atom is 0.330 e. The number of barbiturate groups is 1. The van der Waals surface area contributed by atoms with E-state index in [0.29, 0.717) is 18.5 Å². The molecule has 3 aliphatic rings. The van der Waals surface area contributed by atoms with Gasteiger partial charge in [0.1, 0.15) is 0 Å². The smallest absolute Gasteiger partial charge is 0.330 e. The van der Waals surface area contributed by atoms with Crippen LogP contribution in [-0.4, -0.2) is 59.0 Å². The van der Waals surface area contributed by atoms with Crippen molar-refractivity contribution in [2.45, 2.75) is 51.9 Å². The van der Waals surface area contributed by atoms with Gasteiger partial charge in [0.25, 0.3) is 5.69 Å². The van der Waals surface area contributed by atoms with Crippen LogP contribution in [0.25, 0.3) is 0 Å². The van der Waals surface area contributed by atoms with Gasteiger partial charge >= 0.3 is 6.03 Å². The molecule has 0 aliphatic carbocycles. The summed E-state index contributed by atoms with van der Waals surface area (Å²) >= 11 is 0. The molecule has 0 radical (unpaired) electrons. The zero-order chi connectivity index (χ0) is 21.8. The van der Waals surface area contributed by atoms with Gasteiger partial charge in [0.2, 0.25) is 11.8 Å². The quantitative estimate of drug-likeness (QED) is 0.451. The van der Waals surface area contributed by atoms with E-state index in [-0.39, 0.29) is 24.8 Å². The number of anilines is 1. The molecule has 3 heterocycles. The first-order valence-electron chi connectivity index (χ1n) is 10.1. The standard InChI is InChI=1S/C20H24N4O6/c1-4-7-22-18(26)20(17(25)21-19(22)27)9-13-8-14(24(28)29)5-6-15(13)23-10-11(2)30-12(3)16(20)23/h5-6,8,11-12,16H,4,7,9-10H2,1-3H3,(H,21,25,27)/t11-,12+,16-,20-/m1/s1. The molecule has 1 N–H and O–H groups in total. The molecule has 0 saturated carbocycles. The molecule has 4 rings (SSSR count). The zero-order valence-corrected chi connectivity index (χ0v) is 17.1. The van der Waals surface area contributed by atoms with Crippen molar-refractivity contribution >= 4 is 29.2 Å². The minimum atomic E-state index is -1.61. The summed E-state index contributed by atoms with van der Waals surface area (Å²) in [7, 11) is 0. The van der Waals surface area contributed by atoms with E-state index in [4.69, 9.17) is 4.74 Å². The number of rotatable bonds is 3. The molecule has 1 aromatic rings. The fourth-order valence-corrected chi connectivity index (χ4v) is 5.10. The minimum Gasteiger partial charge on any atom is -0.372 e. The summed E-state index contributed by atoms with van der Waals surface area (Å²) in [5, 5.41) is 13.7. The lowest BCUT2D eigenvalue weighted by molar-refractivity contribution is -0.384. The number of nitro benzene ring substituents is 1. The first-order chi connectivity index (χ1) is 14.2. The molecule has 160 valence electrons. The van der Waals surface area contributed by atoms with Gasteiger partial charge in [0.05, 0.1) is 23.2 Å². The van der Waals surface area contributed by atoms with Crippen LogP contribution in [0.2, 0.25) is 0 Å². The van der Waals surface area contributed by atoms with Crippen molar-refractivity contribution in [1.29, 1.82) is 0 Å². The number of urea groups is 1. The molecule has 10 nitrogen and oxygen atoms in total. The number of nitro groups is 1. The monoisotopic (exact) mass is 416 g/mol. The Hall–Kier alpha value is -3.01. The number of ether oxygens (including phenoxy) is 1. The number of morpholine rings is 1. The number of hydrogen-bond donors (Lipinski definition) is 1. The summed E-state index contributed by atoms with van der Waals surface area (Å²) in [5.41, 5.74) is -0.430. The van der Waals surface area contributed by atoms with E-state index in [9.17, 15) is 24.5 Å². The lowest BCUT2D eigenvalue weighted by Gasteiger charge is -2.56. The molecule has 1 aromatic carbocycles. The Morgan fingerprint density at radius 2 is 2.03 bits per heavy atom. The van der Waals surface area contributed by atoms with E-state index in [2.05, 4.69) is 5.32 Å². The average molecular weight is 416 g/mol. The molecule has 0 unspecified atom stereocenters. The molecule has 1 spiro atoms. The van der Waals surface area contributed by atoms with E-state index < -0.39 is 40.3 Å². The van der Waals surface area contributed by atoms with E-state index >= 15 is 0 Å². The lowest BCUT2D eigenvalue weighted by atomic mass is 9.66. The number of imide groups is 2. The molecule has 30 heavy (non-hydrogen) atoms. The first-order valence-corrected chi connectivity index (χ1v) is 10.1. The number of nitrogens with zero attached hydrogens (tertiary/aromatic N) is 3. The largest absolute Gasteiger partial charge is 0.372 e. The molecule has 2 fully saturated rings. The molecule has 0 bridgehead atoms. The van der Waals surface area contributed by atoms with Crippen molar-refractivity contribution < 1.29 is 24.0 Å². The first kappa shape index (κ1) is 20.3. The maximum atomic E-state index is 13.7. The number of fused-ring (bicyclic) bond motifs is 4. The van der Waals surface area contributed by atoms with Gasteiger partial charge in [-0.25, -0.2) is 4.79 Å². The minimum absolute atomic E-state index is 0.0363. The van der Waals surface area contributed by atoms with Gasteiger partial charge in [-0.2, -0.15) is 0 Å². The van der Waals surface area contributed by atoms with E-state index in [0.717, 1.165) is 10.6 Å². The SMILES string of the molecule is CCCN1C(=O)NC(=O)[C@]2(Cc3cc([N+](=O)[O-])ccc3N3C[C@@H](C)O[C@@H](C)[C@@H]32)C1=O. The Kier molecular flexibility index (Phi) is 4.76. The second-order valence-corrected chi connectivity index (χ2v) is 8.18. The third kappa shape index (κ3) is 2.78. The number of carbonyl (C=O) groups is 3. The Labute approximate surface area is 173 Å². The van der Waals surface area contributed by atoms with Crippen molar-refractivity contribution in [1.82, 2.24) is 10.2 Å². The molecule has 10 heteroatoms. The second-order valence-electron chi connectivity index (χ2n) is 8.18. The van der Waals surface area contributed by atoms with Crippen LogP contribution in [0.15, 0.2) is 18.2 Å². The summed E-state index contributed by atoms with van der Waals surface area (Å²) in [6, 6.07) is 3.14. The van der Waals surface area contributed by atoms with Gasteiger partial charge in [0.15, 0.2) is 5.41 Å². The number of non-ortho nitro benzene ring substituents is 1. The molecule has 3 aliphatic heterocycles. The third-order valence-electron chi connectivity index (χ3n) is 6.18. The van der Waals surface area contributed by atoms with Crippen LogP contribution in [0.1, 0.15) is 32.8 Å². The van der Waals surface area contributed by atoms with Crippen LogP contribution in [-0.2, 0) is 20.7 Å². The Morgan fingerprint density at radius 3 is 2.70 bits per heavy atom. The van der Waals surface area contributed by atoms with Gasteiger partial charge in [-0.05, 0) is 31.9 Å². The molecular weight excluding hydrogens is 392 g/mol. The van der Waals surface area contributed by atoms with Crippen molar-refractivity contribution in [2.24, 2.45) is 5.41 Å². The number of hydrogen-bond acceptors (Lipinski definition) is 7. The fraction of sp³-hybridized carbons (Fsp3) is 0.550. The fourth-order valence-electron chi connectivity index (χ4n) is 5.10. The predicted molar refractivity (Wildman–Crippen MR) is 106 cm³/mol. The van der Waals surface area contributed by atoms with Crippen LogP contribution >= 0.6 is 0 Å². The Balaban J connectivity index is 1.91. The van der Waals surface area contributed by atoms with Gasteiger partial charge in [-0.3, -0.25) is 29.9 Å². The number of nitrogens with one attached hydrogen (secondary N) is 1. The number of amides is 4. The van der Waals surface area contributed by atoms with Crippen molar-refractivity contribution in [3.8, 4) is 0 Å². The molecule has 4 amide bonds. The molecule has 2 saturated heterocycles.